The van der Waals surface area contributed by atoms with Crippen molar-refractivity contribution in [3.05, 3.63) is 12.2 Å². The van der Waals surface area contributed by atoms with E-state index in [4.69, 9.17) is 4.74 Å². The number of hydrogen-bond donors (Lipinski definition) is 0. The third kappa shape index (κ3) is 0.590. The lowest BCUT2D eigenvalue weighted by atomic mass is 9.95. The van der Waals surface area contributed by atoms with Crippen molar-refractivity contribution in [1.29, 1.82) is 0 Å². The summed E-state index contributed by atoms with van der Waals surface area (Å²) in [5.41, 5.74) is 0. The Balaban J connectivity index is 2.08. The van der Waals surface area contributed by atoms with Crippen LogP contribution in [0.4, 0.5) is 0 Å². The van der Waals surface area contributed by atoms with Crippen LogP contribution in [-0.4, -0.2) is 18.0 Å². The zero-order chi connectivity index (χ0) is 7.42. The summed E-state index contributed by atoms with van der Waals surface area (Å²) in [5, 5.41) is 0. The van der Waals surface area contributed by atoms with Gasteiger partial charge in [-0.2, -0.15) is 0 Å². The second-order valence-corrected chi connectivity index (χ2v) is 3.64. The summed E-state index contributed by atoms with van der Waals surface area (Å²) >= 11 is 0. The fourth-order valence-electron chi connectivity index (χ4n) is 2.52. The Morgan fingerprint density at radius 2 is 1.73 bits per heavy atom. The number of carbonyl (C=O) groups excluding carboxylic acids is 1. The second kappa shape index (κ2) is 1.75. The molecule has 4 bridgehead atoms. The highest BCUT2D eigenvalue weighted by Gasteiger charge is 2.50. The van der Waals surface area contributed by atoms with Gasteiger partial charge in [0.1, 0.15) is 5.78 Å². The van der Waals surface area contributed by atoms with E-state index in [2.05, 4.69) is 12.2 Å². The largest absolute Gasteiger partial charge is 0.365 e. The lowest BCUT2D eigenvalue weighted by Gasteiger charge is -2.26. The predicted octanol–water partition coefficient (Wildman–Crippen LogP) is 0.919. The fourth-order valence-corrected chi connectivity index (χ4v) is 2.52. The van der Waals surface area contributed by atoms with Crippen LogP contribution in [0.5, 0.6) is 0 Å². The molecule has 0 aromatic carbocycles. The van der Waals surface area contributed by atoms with Crippen LogP contribution in [0.2, 0.25) is 0 Å². The van der Waals surface area contributed by atoms with Crippen molar-refractivity contribution in [2.45, 2.75) is 25.0 Å². The first-order valence-corrected chi connectivity index (χ1v) is 4.24. The molecule has 3 rings (SSSR count). The minimum atomic E-state index is 0.131. The van der Waals surface area contributed by atoms with E-state index in [1.165, 1.54) is 0 Å². The summed E-state index contributed by atoms with van der Waals surface area (Å²) in [6, 6.07) is 0. The molecule has 1 saturated heterocycles. The van der Waals surface area contributed by atoms with Crippen molar-refractivity contribution >= 4 is 5.78 Å². The van der Waals surface area contributed by atoms with Gasteiger partial charge < -0.3 is 4.74 Å². The molecule has 11 heavy (non-hydrogen) atoms. The molecule has 2 aliphatic heterocycles. The summed E-state index contributed by atoms with van der Waals surface area (Å²) < 4.78 is 5.62. The summed E-state index contributed by atoms with van der Waals surface area (Å²) in [6.45, 7) is 0. The van der Waals surface area contributed by atoms with E-state index in [1.807, 2.05) is 0 Å². The zero-order valence-corrected chi connectivity index (χ0v) is 6.19. The summed E-state index contributed by atoms with van der Waals surface area (Å²) in [7, 11) is 0. The maximum absolute atomic E-state index is 11.5. The number of rotatable bonds is 0. The first kappa shape index (κ1) is 5.95. The third-order valence-corrected chi connectivity index (χ3v) is 3.12. The minimum Gasteiger partial charge on any atom is -0.365 e. The molecule has 3 aliphatic rings. The smallest absolute Gasteiger partial charge is 0.144 e. The van der Waals surface area contributed by atoms with Crippen molar-refractivity contribution in [1.82, 2.24) is 0 Å². The molecule has 0 aromatic heterocycles. The lowest BCUT2D eigenvalue weighted by molar-refractivity contribution is -0.138. The molecule has 0 spiro atoms. The highest BCUT2D eigenvalue weighted by Crippen LogP contribution is 2.43. The average Bonchev–Trinajstić information content (AvgIpc) is 2.42. The van der Waals surface area contributed by atoms with E-state index in [0.717, 1.165) is 12.8 Å². The quantitative estimate of drug-likeness (QED) is 0.480. The van der Waals surface area contributed by atoms with Crippen LogP contribution in [0, 0.1) is 11.8 Å². The van der Waals surface area contributed by atoms with Crippen molar-refractivity contribution in [2.24, 2.45) is 11.8 Å². The second-order valence-electron chi connectivity index (χ2n) is 3.64. The van der Waals surface area contributed by atoms with Gasteiger partial charge in [0.15, 0.2) is 0 Å². The molecule has 2 fully saturated rings. The predicted molar refractivity (Wildman–Crippen MR) is 39.0 cm³/mol. The van der Waals surface area contributed by atoms with Gasteiger partial charge in [0.25, 0.3) is 0 Å². The average molecular weight is 150 g/mol. The van der Waals surface area contributed by atoms with Crippen molar-refractivity contribution in [3.8, 4) is 0 Å². The van der Waals surface area contributed by atoms with Gasteiger partial charge in [0.05, 0.1) is 12.2 Å². The monoisotopic (exact) mass is 150 g/mol. The fraction of sp³-hybridized carbons (Fsp3) is 0.667. The number of fused-ring (bicyclic) bond motifs is 6. The van der Waals surface area contributed by atoms with Crippen LogP contribution in [0.25, 0.3) is 0 Å². The maximum atomic E-state index is 11.5. The number of carbonyl (C=O) groups is 1. The standard InChI is InChI=1S/C9H10O2/c10-9-5-1-2-6(9)8-4-3-7(5)11-8/h3-8H,1-2H2/t5-,6+,7-,8+. The Kier molecular flexibility index (Phi) is 0.946. The van der Waals surface area contributed by atoms with Crippen LogP contribution in [-0.2, 0) is 9.53 Å². The van der Waals surface area contributed by atoms with Gasteiger partial charge in [-0.1, -0.05) is 12.2 Å². The van der Waals surface area contributed by atoms with E-state index in [1.54, 1.807) is 0 Å². The van der Waals surface area contributed by atoms with Gasteiger partial charge in [-0.25, -0.2) is 0 Å². The third-order valence-electron chi connectivity index (χ3n) is 3.12. The van der Waals surface area contributed by atoms with Crippen LogP contribution < -0.4 is 0 Å². The van der Waals surface area contributed by atoms with Gasteiger partial charge in [-0.15, -0.1) is 0 Å². The minimum absolute atomic E-state index is 0.131. The van der Waals surface area contributed by atoms with E-state index < -0.39 is 0 Å². The van der Waals surface area contributed by atoms with Gasteiger partial charge in [-0.3, -0.25) is 4.79 Å². The van der Waals surface area contributed by atoms with Crippen molar-refractivity contribution in [2.75, 3.05) is 0 Å². The molecule has 2 nitrogen and oxygen atoms in total. The molecule has 0 amide bonds. The Morgan fingerprint density at radius 3 is 2.27 bits per heavy atom. The molecule has 58 valence electrons. The Bertz CT molecular complexity index is 222. The zero-order valence-electron chi connectivity index (χ0n) is 6.19. The Labute approximate surface area is 65.2 Å². The molecule has 2 heterocycles. The molecule has 2 heteroatoms. The van der Waals surface area contributed by atoms with E-state index in [-0.39, 0.29) is 24.0 Å². The normalized spacial score (nSPS) is 52.2. The molecule has 1 aliphatic carbocycles. The summed E-state index contributed by atoms with van der Waals surface area (Å²) in [4.78, 5) is 11.5. The molecular formula is C9H10O2. The van der Waals surface area contributed by atoms with Crippen LogP contribution >= 0.6 is 0 Å². The maximum Gasteiger partial charge on any atom is 0.144 e. The number of ketones is 1. The number of hydrogen-bond acceptors (Lipinski definition) is 2. The Morgan fingerprint density at radius 1 is 1.18 bits per heavy atom. The van der Waals surface area contributed by atoms with Gasteiger partial charge in [-0.05, 0) is 12.8 Å². The number of Topliss-reactive ketones (excluding diaryl/α,β-unsaturated/α-hetero) is 1. The molecule has 1 saturated carbocycles. The summed E-state index contributed by atoms with van der Waals surface area (Å²) in [6.07, 6.45) is 6.49. The van der Waals surface area contributed by atoms with Crippen molar-refractivity contribution in [3.63, 3.8) is 0 Å². The molecule has 0 radical (unpaired) electrons. The first-order valence-electron chi connectivity index (χ1n) is 4.24. The molecule has 0 unspecified atom stereocenters. The van der Waals surface area contributed by atoms with E-state index in [0.29, 0.717) is 5.78 Å². The SMILES string of the molecule is O=C1[C@H]2CC[C@@H]1[C@H]1C=C[C@@H]2O1. The molecule has 0 aromatic rings. The Hall–Kier alpha value is -0.630. The highest BCUT2D eigenvalue weighted by atomic mass is 16.5. The topological polar surface area (TPSA) is 26.3 Å². The van der Waals surface area contributed by atoms with Crippen LogP contribution in [0.3, 0.4) is 0 Å². The van der Waals surface area contributed by atoms with Crippen molar-refractivity contribution < 1.29 is 9.53 Å². The van der Waals surface area contributed by atoms with Crippen LogP contribution in [0.15, 0.2) is 12.2 Å². The van der Waals surface area contributed by atoms with E-state index >= 15 is 0 Å². The summed E-state index contributed by atoms with van der Waals surface area (Å²) in [5.74, 6) is 0.862. The highest BCUT2D eigenvalue weighted by molar-refractivity contribution is 5.88. The van der Waals surface area contributed by atoms with Gasteiger partial charge >= 0.3 is 0 Å². The first-order chi connectivity index (χ1) is 5.36. The van der Waals surface area contributed by atoms with E-state index in [9.17, 15) is 4.79 Å². The van der Waals surface area contributed by atoms with Gasteiger partial charge in [0.2, 0.25) is 0 Å². The molecule has 0 N–H and O–H groups in total. The van der Waals surface area contributed by atoms with Crippen LogP contribution in [0.1, 0.15) is 12.8 Å². The lowest BCUT2D eigenvalue weighted by Crippen LogP contribution is -2.37. The number of ether oxygens (including phenoxy) is 1. The molecular weight excluding hydrogens is 140 g/mol. The molecule has 4 atom stereocenters. The van der Waals surface area contributed by atoms with Gasteiger partial charge in [0, 0.05) is 11.8 Å².